The Morgan fingerprint density at radius 1 is 0.971 bits per heavy atom. The first-order valence-corrected chi connectivity index (χ1v) is 12.5. The topological polar surface area (TPSA) is 70.6 Å². The molecule has 1 saturated heterocycles. The van der Waals surface area contributed by atoms with Crippen LogP contribution in [0.25, 0.3) is 10.6 Å². The van der Waals surface area contributed by atoms with E-state index in [1.165, 1.54) is 0 Å². The van der Waals surface area contributed by atoms with Crippen molar-refractivity contribution in [2.45, 2.75) is 25.0 Å². The second kappa shape index (κ2) is 9.00. The fourth-order valence-electron chi connectivity index (χ4n) is 4.92. The van der Waals surface area contributed by atoms with Gasteiger partial charge in [0.15, 0.2) is 6.17 Å². The first-order chi connectivity index (χ1) is 16.8. The average Bonchev–Trinajstić information content (AvgIpc) is 3.43. The van der Waals surface area contributed by atoms with Gasteiger partial charge in [-0.3, -0.25) is 9.98 Å². The molecule has 2 N–H and O–H groups in total. The molecule has 0 radical (unpaired) electrons. The average molecular weight is 467 g/mol. The van der Waals surface area contributed by atoms with E-state index in [1.54, 1.807) is 11.3 Å². The molecule has 4 heterocycles. The Kier molecular flexibility index (Phi) is 5.57. The lowest BCUT2D eigenvalue weighted by Gasteiger charge is -2.39. The van der Waals surface area contributed by atoms with E-state index >= 15 is 0 Å². The summed E-state index contributed by atoms with van der Waals surface area (Å²) in [5.41, 5.74) is 13.0. The van der Waals surface area contributed by atoms with Crippen LogP contribution in [-0.2, 0) is 0 Å². The highest BCUT2D eigenvalue weighted by molar-refractivity contribution is 7.13. The third kappa shape index (κ3) is 3.87. The maximum absolute atomic E-state index is 6.35. The molecule has 7 heteroatoms. The summed E-state index contributed by atoms with van der Waals surface area (Å²) >= 11 is 1.65. The zero-order valence-electron chi connectivity index (χ0n) is 18.8. The Hall–Kier alpha value is -3.55. The van der Waals surface area contributed by atoms with Crippen LogP contribution in [0.2, 0.25) is 0 Å². The van der Waals surface area contributed by atoms with Crippen molar-refractivity contribution in [2.75, 3.05) is 22.9 Å². The van der Waals surface area contributed by atoms with E-state index in [9.17, 15) is 0 Å². The lowest BCUT2D eigenvalue weighted by Crippen LogP contribution is -2.43. The standard InChI is InChI=1S/C27H26N6S/c28-22-8-4-13-32(18-22)24-10-11-29-17-25(24)33-23-9-2-1-5-21(23)16-31-26(33)19-6-3-7-20(15-19)27-30-12-14-34-27/h1-3,5-7,9-12,14-17,22,26H,4,8,13,18,28H2/t22?,26-/m1/s1. The predicted molar refractivity (Wildman–Crippen MR) is 140 cm³/mol. The van der Waals surface area contributed by atoms with E-state index in [2.05, 4.69) is 74.4 Å². The summed E-state index contributed by atoms with van der Waals surface area (Å²) in [4.78, 5) is 18.8. The van der Waals surface area contributed by atoms with Crippen LogP contribution in [-0.4, -0.2) is 35.3 Å². The van der Waals surface area contributed by atoms with Crippen molar-refractivity contribution in [1.29, 1.82) is 0 Å². The number of aliphatic imine (C=N–C) groups is 1. The zero-order valence-corrected chi connectivity index (χ0v) is 19.6. The van der Waals surface area contributed by atoms with Gasteiger partial charge in [0, 0.05) is 54.2 Å². The van der Waals surface area contributed by atoms with Crippen molar-refractivity contribution in [3.8, 4) is 10.6 Å². The fourth-order valence-corrected chi connectivity index (χ4v) is 5.56. The van der Waals surface area contributed by atoms with E-state index in [4.69, 9.17) is 10.7 Å². The minimum absolute atomic E-state index is 0.187. The monoisotopic (exact) mass is 466 g/mol. The number of nitrogens with two attached hydrogens (primary N) is 1. The Morgan fingerprint density at radius 2 is 1.91 bits per heavy atom. The summed E-state index contributed by atoms with van der Waals surface area (Å²) in [7, 11) is 0. The van der Waals surface area contributed by atoms with Gasteiger partial charge < -0.3 is 15.5 Å². The Balaban J connectivity index is 1.48. The lowest BCUT2D eigenvalue weighted by molar-refractivity contribution is 0.506. The summed E-state index contributed by atoms with van der Waals surface area (Å²) < 4.78 is 0. The molecule has 2 aliphatic heterocycles. The van der Waals surface area contributed by atoms with Gasteiger partial charge in [-0.15, -0.1) is 11.3 Å². The quantitative estimate of drug-likeness (QED) is 0.436. The third-order valence-electron chi connectivity index (χ3n) is 6.50. The number of hydrogen-bond acceptors (Lipinski definition) is 7. The molecule has 2 aliphatic rings. The third-order valence-corrected chi connectivity index (χ3v) is 7.32. The molecule has 170 valence electrons. The van der Waals surface area contributed by atoms with E-state index in [-0.39, 0.29) is 12.2 Å². The smallest absolute Gasteiger partial charge is 0.151 e. The maximum Gasteiger partial charge on any atom is 0.151 e. The lowest BCUT2D eigenvalue weighted by atomic mass is 10.0. The van der Waals surface area contributed by atoms with Crippen LogP contribution in [0.5, 0.6) is 0 Å². The normalized spacial score (nSPS) is 19.8. The number of rotatable bonds is 4. The first-order valence-electron chi connectivity index (χ1n) is 11.6. The fraction of sp³-hybridized carbons (Fsp3) is 0.222. The highest BCUT2D eigenvalue weighted by Crippen LogP contribution is 2.44. The molecule has 2 atom stereocenters. The number of para-hydroxylation sites is 1. The number of fused-ring (bicyclic) bond motifs is 1. The molecular formula is C27H26N6S. The second-order valence-electron chi connectivity index (χ2n) is 8.76. The van der Waals surface area contributed by atoms with Crippen molar-refractivity contribution in [2.24, 2.45) is 10.7 Å². The maximum atomic E-state index is 6.35. The minimum Gasteiger partial charge on any atom is -0.368 e. The van der Waals surface area contributed by atoms with Crippen molar-refractivity contribution < 1.29 is 0 Å². The number of thiazole rings is 1. The summed E-state index contributed by atoms with van der Waals surface area (Å²) in [6, 6.07) is 19.3. The SMILES string of the molecule is NC1CCCN(c2ccncc2N2c3ccccc3C=N[C@H]2c2cccc(-c3nccs3)c2)C1. The van der Waals surface area contributed by atoms with E-state index < -0.39 is 0 Å². The van der Waals surface area contributed by atoms with Crippen LogP contribution in [0.15, 0.2) is 83.6 Å². The Morgan fingerprint density at radius 3 is 2.79 bits per heavy atom. The van der Waals surface area contributed by atoms with E-state index in [0.717, 1.165) is 64.7 Å². The van der Waals surface area contributed by atoms with Crippen molar-refractivity contribution in [1.82, 2.24) is 9.97 Å². The highest BCUT2D eigenvalue weighted by Gasteiger charge is 2.30. The van der Waals surface area contributed by atoms with Gasteiger partial charge in [-0.05, 0) is 36.6 Å². The van der Waals surface area contributed by atoms with Crippen molar-refractivity contribution in [3.05, 3.63) is 89.7 Å². The summed E-state index contributed by atoms with van der Waals surface area (Å²) in [5, 5.41) is 3.02. The van der Waals surface area contributed by atoms with Gasteiger partial charge in [-0.25, -0.2) is 4.98 Å². The molecule has 6 nitrogen and oxygen atoms in total. The number of hydrogen-bond donors (Lipinski definition) is 1. The molecule has 0 saturated carbocycles. The molecule has 1 unspecified atom stereocenters. The molecule has 2 aromatic heterocycles. The van der Waals surface area contributed by atoms with Crippen LogP contribution in [0.4, 0.5) is 17.1 Å². The number of benzene rings is 2. The number of piperidine rings is 1. The van der Waals surface area contributed by atoms with Gasteiger partial charge in [0.05, 0.1) is 23.3 Å². The van der Waals surface area contributed by atoms with Gasteiger partial charge >= 0.3 is 0 Å². The molecule has 4 aromatic rings. The van der Waals surface area contributed by atoms with Crippen LogP contribution < -0.4 is 15.5 Å². The molecule has 0 spiro atoms. The van der Waals surface area contributed by atoms with Gasteiger partial charge in [-0.2, -0.15) is 0 Å². The molecule has 0 bridgehead atoms. The van der Waals surface area contributed by atoms with Crippen molar-refractivity contribution >= 4 is 34.6 Å². The molecule has 0 amide bonds. The summed E-state index contributed by atoms with van der Waals surface area (Å²) in [5.74, 6) is 0. The molecule has 34 heavy (non-hydrogen) atoms. The zero-order chi connectivity index (χ0) is 22.9. The molecule has 1 fully saturated rings. The van der Waals surface area contributed by atoms with E-state index in [1.807, 2.05) is 30.2 Å². The van der Waals surface area contributed by atoms with Gasteiger partial charge in [0.2, 0.25) is 0 Å². The summed E-state index contributed by atoms with van der Waals surface area (Å²) in [6.07, 6.45) is 9.62. The van der Waals surface area contributed by atoms with Gasteiger partial charge in [0.25, 0.3) is 0 Å². The second-order valence-corrected chi connectivity index (χ2v) is 9.65. The van der Waals surface area contributed by atoms with Crippen LogP contribution in [0, 0.1) is 0 Å². The molecular weight excluding hydrogens is 440 g/mol. The van der Waals surface area contributed by atoms with Crippen LogP contribution in [0.3, 0.4) is 0 Å². The summed E-state index contributed by atoms with van der Waals surface area (Å²) in [6.45, 7) is 1.84. The first kappa shape index (κ1) is 21.0. The van der Waals surface area contributed by atoms with Crippen LogP contribution in [0.1, 0.15) is 30.1 Å². The highest BCUT2D eigenvalue weighted by atomic mass is 32.1. The number of pyridine rings is 1. The number of aromatic nitrogens is 2. The van der Waals surface area contributed by atoms with Gasteiger partial charge in [0.1, 0.15) is 5.01 Å². The molecule has 0 aliphatic carbocycles. The predicted octanol–water partition coefficient (Wildman–Crippen LogP) is 5.40. The Bertz CT molecular complexity index is 1320. The number of nitrogens with zero attached hydrogens (tertiary/aromatic N) is 5. The molecule has 6 rings (SSSR count). The Labute approximate surface area is 203 Å². The van der Waals surface area contributed by atoms with Crippen molar-refractivity contribution in [3.63, 3.8) is 0 Å². The largest absolute Gasteiger partial charge is 0.368 e. The number of anilines is 3. The van der Waals surface area contributed by atoms with Crippen LogP contribution >= 0.6 is 11.3 Å². The minimum atomic E-state index is -0.212. The van der Waals surface area contributed by atoms with E-state index in [0.29, 0.717) is 0 Å². The molecule has 2 aromatic carbocycles. The van der Waals surface area contributed by atoms with Gasteiger partial charge in [-0.1, -0.05) is 36.4 Å².